The first-order chi connectivity index (χ1) is 15.2. The van der Waals surface area contributed by atoms with Gasteiger partial charge in [-0.15, -0.1) is 0 Å². The highest BCUT2D eigenvalue weighted by atomic mass is 16.1. The molecular weight excluding hydrogens is 380 g/mol. The molecule has 0 aliphatic heterocycles. The predicted molar refractivity (Wildman–Crippen MR) is 128 cm³/mol. The molecule has 0 unspecified atom stereocenters. The molecule has 3 nitrogen and oxygen atoms in total. The Morgan fingerprint density at radius 1 is 0.806 bits per heavy atom. The van der Waals surface area contributed by atoms with Gasteiger partial charge in [0.25, 0.3) is 5.91 Å². The molecule has 4 aromatic carbocycles. The van der Waals surface area contributed by atoms with E-state index in [1.54, 1.807) is 0 Å². The fourth-order valence-corrected chi connectivity index (χ4v) is 3.89. The summed E-state index contributed by atoms with van der Waals surface area (Å²) in [6.45, 7) is 2.14. The van der Waals surface area contributed by atoms with Gasteiger partial charge < -0.3 is 5.32 Å². The fourth-order valence-electron chi connectivity index (χ4n) is 3.89. The zero-order valence-electron chi connectivity index (χ0n) is 17.3. The van der Waals surface area contributed by atoms with Crippen LogP contribution in [0.4, 0.5) is 5.69 Å². The van der Waals surface area contributed by atoms with Crippen LogP contribution in [0, 0.1) is 0 Å². The van der Waals surface area contributed by atoms with Gasteiger partial charge in [0.1, 0.15) is 0 Å². The zero-order chi connectivity index (χ0) is 21.2. The monoisotopic (exact) mass is 402 g/mol. The quantitative estimate of drug-likeness (QED) is 0.356. The summed E-state index contributed by atoms with van der Waals surface area (Å²) < 4.78 is 0. The number of amides is 1. The average molecular weight is 402 g/mol. The van der Waals surface area contributed by atoms with Crippen molar-refractivity contribution in [1.82, 2.24) is 4.98 Å². The Morgan fingerprint density at radius 3 is 2.35 bits per heavy atom. The van der Waals surface area contributed by atoms with Gasteiger partial charge in [0, 0.05) is 16.6 Å². The number of anilines is 1. The molecule has 0 saturated carbocycles. The minimum atomic E-state index is -0.139. The average Bonchev–Trinajstić information content (AvgIpc) is 2.83. The molecule has 150 valence electrons. The lowest BCUT2D eigenvalue weighted by atomic mass is 10.0. The Balaban J connectivity index is 1.56. The molecule has 1 amide bonds. The molecule has 3 heteroatoms. The van der Waals surface area contributed by atoms with Crippen molar-refractivity contribution in [2.24, 2.45) is 0 Å². The number of aryl methyl sites for hydroxylation is 1. The maximum atomic E-state index is 13.3. The smallest absolute Gasteiger partial charge is 0.256 e. The summed E-state index contributed by atoms with van der Waals surface area (Å²) in [6, 6.07) is 32.1. The highest BCUT2D eigenvalue weighted by Crippen LogP contribution is 2.27. The number of hydrogen-bond donors (Lipinski definition) is 1. The molecule has 31 heavy (non-hydrogen) atoms. The summed E-state index contributed by atoms with van der Waals surface area (Å²) in [5.74, 6) is -0.139. The van der Waals surface area contributed by atoms with E-state index in [-0.39, 0.29) is 5.91 Å². The molecule has 1 aromatic heterocycles. The molecule has 0 aliphatic carbocycles. The number of nitrogens with one attached hydrogen (secondary N) is 1. The maximum absolute atomic E-state index is 13.3. The second-order valence-corrected chi connectivity index (χ2v) is 7.64. The maximum Gasteiger partial charge on any atom is 0.256 e. The SMILES string of the molecule is CCc1ccc(-c2cc(C(=O)Nc3ccc4ccccc4c3)c3ccccc3n2)cc1. The number of carbonyl (C=O) groups is 1. The van der Waals surface area contributed by atoms with Crippen LogP contribution in [0.25, 0.3) is 32.9 Å². The number of aromatic nitrogens is 1. The first kappa shape index (κ1) is 19.0. The van der Waals surface area contributed by atoms with E-state index in [9.17, 15) is 4.79 Å². The van der Waals surface area contributed by atoms with Gasteiger partial charge in [-0.05, 0) is 47.0 Å². The van der Waals surface area contributed by atoms with Gasteiger partial charge in [-0.1, -0.05) is 79.7 Å². The lowest BCUT2D eigenvalue weighted by molar-refractivity contribution is 0.102. The third kappa shape index (κ3) is 3.78. The van der Waals surface area contributed by atoms with Crippen molar-refractivity contribution in [2.75, 3.05) is 5.32 Å². The Bertz CT molecular complexity index is 1400. The largest absolute Gasteiger partial charge is 0.322 e. The molecule has 5 aromatic rings. The number of pyridine rings is 1. The van der Waals surface area contributed by atoms with Crippen molar-refractivity contribution in [3.05, 3.63) is 108 Å². The van der Waals surface area contributed by atoms with E-state index in [4.69, 9.17) is 4.98 Å². The molecular formula is C28H22N2O. The van der Waals surface area contributed by atoms with E-state index >= 15 is 0 Å². The van der Waals surface area contributed by atoms with Crippen molar-refractivity contribution in [2.45, 2.75) is 13.3 Å². The standard InChI is InChI=1S/C28H22N2O/c1-2-19-11-13-21(14-12-19)27-18-25(24-9-5-6-10-26(24)30-27)28(31)29-23-16-15-20-7-3-4-8-22(20)17-23/h3-18H,2H2,1H3,(H,29,31). The molecule has 0 fully saturated rings. The number of carbonyl (C=O) groups excluding carboxylic acids is 1. The van der Waals surface area contributed by atoms with Crippen LogP contribution in [0.5, 0.6) is 0 Å². The van der Waals surface area contributed by atoms with Crippen LogP contribution in [0.15, 0.2) is 97.1 Å². The van der Waals surface area contributed by atoms with Crippen LogP contribution in [0.2, 0.25) is 0 Å². The normalized spacial score (nSPS) is 11.0. The molecule has 0 aliphatic rings. The molecule has 1 heterocycles. The van der Waals surface area contributed by atoms with Crippen molar-refractivity contribution >= 4 is 33.3 Å². The highest BCUT2D eigenvalue weighted by molar-refractivity contribution is 6.13. The van der Waals surface area contributed by atoms with Crippen molar-refractivity contribution in [3.8, 4) is 11.3 Å². The molecule has 0 radical (unpaired) electrons. The minimum absolute atomic E-state index is 0.139. The zero-order valence-corrected chi connectivity index (χ0v) is 17.3. The first-order valence-electron chi connectivity index (χ1n) is 10.5. The third-order valence-corrected chi connectivity index (χ3v) is 5.63. The number of para-hydroxylation sites is 1. The first-order valence-corrected chi connectivity index (χ1v) is 10.5. The Kier molecular flexibility index (Phi) is 4.93. The van der Waals surface area contributed by atoms with E-state index in [2.05, 4.69) is 42.6 Å². The summed E-state index contributed by atoms with van der Waals surface area (Å²) in [4.78, 5) is 18.1. The second-order valence-electron chi connectivity index (χ2n) is 7.64. The van der Waals surface area contributed by atoms with E-state index in [0.717, 1.165) is 45.0 Å². The van der Waals surface area contributed by atoms with Gasteiger partial charge >= 0.3 is 0 Å². The van der Waals surface area contributed by atoms with Gasteiger partial charge in [0.05, 0.1) is 16.8 Å². The second kappa shape index (κ2) is 8.04. The summed E-state index contributed by atoms with van der Waals surface area (Å²) in [7, 11) is 0. The number of hydrogen-bond acceptors (Lipinski definition) is 2. The van der Waals surface area contributed by atoms with E-state index in [1.165, 1.54) is 5.56 Å². The van der Waals surface area contributed by atoms with Crippen LogP contribution in [0.1, 0.15) is 22.8 Å². The van der Waals surface area contributed by atoms with Gasteiger partial charge in [-0.3, -0.25) is 4.79 Å². The lowest BCUT2D eigenvalue weighted by Gasteiger charge is -2.11. The Morgan fingerprint density at radius 2 is 1.55 bits per heavy atom. The molecule has 0 saturated heterocycles. The van der Waals surface area contributed by atoms with Gasteiger partial charge in [-0.2, -0.15) is 0 Å². The molecule has 0 atom stereocenters. The summed E-state index contributed by atoms with van der Waals surface area (Å²) in [6.07, 6.45) is 0.991. The van der Waals surface area contributed by atoms with Crippen molar-refractivity contribution < 1.29 is 4.79 Å². The van der Waals surface area contributed by atoms with Gasteiger partial charge in [-0.25, -0.2) is 4.98 Å². The summed E-state index contributed by atoms with van der Waals surface area (Å²) >= 11 is 0. The van der Waals surface area contributed by atoms with Crippen LogP contribution in [0.3, 0.4) is 0 Å². The number of benzene rings is 4. The summed E-state index contributed by atoms with van der Waals surface area (Å²) in [5.41, 5.74) is 5.28. The number of nitrogens with zero attached hydrogens (tertiary/aromatic N) is 1. The van der Waals surface area contributed by atoms with E-state index in [0.29, 0.717) is 5.56 Å². The Labute approximate surface area is 181 Å². The van der Waals surface area contributed by atoms with E-state index in [1.807, 2.05) is 66.7 Å². The van der Waals surface area contributed by atoms with Crippen molar-refractivity contribution in [3.63, 3.8) is 0 Å². The third-order valence-electron chi connectivity index (χ3n) is 5.63. The van der Waals surface area contributed by atoms with Crippen LogP contribution >= 0.6 is 0 Å². The highest BCUT2D eigenvalue weighted by Gasteiger charge is 2.14. The summed E-state index contributed by atoms with van der Waals surface area (Å²) in [5, 5.41) is 6.16. The minimum Gasteiger partial charge on any atom is -0.322 e. The van der Waals surface area contributed by atoms with Crippen LogP contribution in [-0.4, -0.2) is 10.9 Å². The number of rotatable bonds is 4. The van der Waals surface area contributed by atoms with E-state index < -0.39 is 0 Å². The van der Waals surface area contributed by atoms with Gasteiger partial charge in [0.15, 0.2) is 0 Å². The predicted octanol–water partition coefficient (Wildman–Crippen LogP) is 6.87. The molecule has 5 rings (SSSR count). The molecule has 0 bridgehead atoms. The Hall–Kier alpha value is -3.98. The van der Waals surface area contributed by atoms with Crippen LogP contribution in [-0.2, 0) is 6.42 Å². The fraction of sp³-hybridized carbons (Fsp3) is 0.0714. The topological polar surface area (TPSA) is 42.0 Å². The van der Waals surface area contributed by atoms with Gasteiger partial charge in [0.2, 0.25) is 0 Å². The number of fused-ring (bicyclic) bond motifs is 2. The van der Waals surface area contributed by atoms with Crippen LogP contribution < -0.4 is 5.32 Å². The lowest BCUT2D eigenvalue weighted by Crippen LogP contribution is -2.13. The molecule has 0 spiro atoms. The molecule has 1 N–H and O–H groups in total. The van der Waals surface area contributed by atoms with Crippen molar-refractivity contribution in [1.29, 1.82) is 0 Å².